The van der Waals surface area contributed by atoms with Gasteiger partial charge in [0.25, 0.3) is 0 Å². The van der Waals surface area contributed by atoms with Gasteiger partial charge in [0.15, 0.2) is 11.0 Å². The average molecular weight is 501 g/mol. The first-order valence-electron chi connectivity index (χ1n) is 13.5. The molecule has 1 atom stereocenters. The number of aromatic nitrogens is 3. The second kappa shape index (κ2) is 10.0. The number of hydrogen-bond donors (Lipinski definition) is 1. The van der Waals surface area contributed by atoms with Gasteiger partial charge < -0.3 is 9.88 Å². The van der Waals surface area contributed by atoms with Crippen molar-refractivity contribution in [2.24, 2.45) is 23.2 Å². The highest BCUT2D eigenvalue weighted by atomic mass is 32.2. The van der Waals surface area contributed by atoms with Crippen LogP contribution in [0.3, 0.4) is 0 Å². The van der Waals surface area contributed by atoms with Gasteiger partial charge in [0.1, 0.15) is 0 Å². The second-order valence-corrected chi connectivity index (χ2v) is 12.6. The number of amides is 1. The van der Waals surface area contributed by atoms with Gasteiger partial charge in [-0.2, -0.15) is 0 Å². The summed E-state index contributed by atoms with van der Waals surface area (Å²) in [5, 5.41) is 13.7. The van der Waals surface area contributed by atoms with Gasteiger partial charge in [-0.05, 0) is 80.8 Å². The quantitative estimate of drug-likeness (QED) is 0.355. The predicted octanol–water partition coefficient (Wildman–Crippen LogP) is 6.21. The van der Waals surface area contributed by atoms with Crippen LogP contribution in [0.5, 0.6) is 0 Å². The third-order valence-electron chi connectivity index (χ3n) is 8.74. The molecule has 0 aliphatic heterocycles. The Morgan fingerprint density at radius 1 is 0.972 bits per heavy atom. The molecule has 0 spiro atoms. The van der Waals surface area contributed by atoms with Crippen LogP contribution in [-0.4, -0.2) is 20.7 Å². The van der Waals surface area contributed by atoms with Crippen molar-refractivity contribution in [3.63, 3.8) is 0 Å². The highest BCUT2D eigenvalue weighted by molar-refractivity contribution is 7.99. The molecule has 1 heterocycles. The number of carbonyl (C=O) groups is 1. The molecule has 4 bridgehead atoms. The van der Waals surface area contributed by atoms with Crippen molar-refractivity contribution in [3.8, 4) is 0 Å². The minimum atomic E-state index is -0.136. The summed E-state index contributed by atoms with van der Waals surface area (Å²) in [6, 6.07) is 21.1. The summed E-state index contributed by atoms with van der Waals surface area (Å²) < 4.78 is 2.22. The SMILES string of the molecule is CC(Sc1nnc(CNC(=O)C23CC4CC(CC(C4)C2)C3)n1CCc1ccccc1)c1ccccc1. The zero-order chi connectivity index (χ0) is 24.5. The summed E-state index contributed by atoms with van der Waals surface area (Å²) in [5.41, 5.74) is 2.43. The Morgan fingerprint density at radius 2 is 1.58 bits per heavy atom. The van der Waals surface area contributed by atoms with Gasteiger partial charge in [0, 0.05) is 17.2 Å². The molecular weight excluding hydrogens is 464 g/mol. The fourth-order valence-electron chi connectivity index (χ4n) is 7.33. The zero-order valence-electron chi connectivity index (χ0n) is 21.1. The highest BCUT2D eigenvalue weighted by Gasteiger charge is 2.54. The maximum absolute atomic E-state index is 13.6. The minimum Gasteiger partial charge on any atom is -0.348 e. The molecule has 4 saturated carbocycles. The first-order chi connectivity index (χ1) is 17.6. The van der Waals surface area contributed by atoms with Gasteiger partial charge >= 0.3 is 0 Å². The Labute approximate surface area is 218 Å². The molecule has 5 nitrogen and oxygen atoms in total. The van der Waals surface area contributed by atoms with E-state index < -0.39 is 0 Å². The van der Waals surface area contributed by atoms with E-state index in [-0.39, 0.29) is 16.6 Å². The lowest BCUT2D eigenvalue weighted by Gasteiger charge is -2.55. The van der Waals surface area contributed by atoms with Gasteiger partial charge in [-0.1, -0.05) is 72.4 Å². The molecule has 7 rings (SSSR count). The number of carbonyl (C=O) groups excluding carboxylic acids is 1. The summed E-state index contributed by atoms with van der Waals surface area (Å²) in [5.74, 6) is 3.40. The first kappa shape index (κ1) is 23.8. The third kappa shape index (κ3) is 4.84. The molecule has 4 fully saturated rings. The van der Waals surface area contributed by atoms with E-state index in [1.807, 2.05) is 6.07 Å². The molecule has 1 aromatic heterocycles. The number of aryl methyl sites for hydroxylation is 1. The normalized spacial score (nSPS) is 27.2. The molecule has 188 valence electrons. The minimum absolute atomic E-state index is 0.136. The number of thioether (sulfide) groups is 1. The van der Waals surface area contributed by atoms with Crippen molar-refractivity contribution in [1.29, 1.82) is 0 Å². The number of benzene rings is 2. The van der Waals surface area contributed by atoms with Crippen LogP contribution in [0.2, 0.25) is 0 Å². The molecule has 36 heavy (non-hydrogen) atoms. The topological polar surface area (TPSA) is 59.8 Å². The van der Waals surface area contributed by atoms with E-state index in [2.05, 4.69) is 81.6 Å². The van der Waals surface area contributed by atoms with Crippen molar-refractivity contribution < 1.29 is 4.79 Å². The van der Waals surface area contributed by atoms with E-state index in [0.717, 1.165) is 61.0 Å². The first-order valence-corrected chi connectivity index (χ1v) is 14.4. The van der Waals surface area contributed by atoms with Crippen molar-refractivity contribution in [2.45, 2.75) is 75.4 Å². The van der Waals surface area contributed by atoms with E-state index in [9.17, 15) is 4.79 Å². The standard InChI is InChI=1S/C30H36N4OS/c1-21(26-10-6-3-7-11-26)36-29-33-32-27(34(29)13-12-22-8-4-2-5-9-22)20-31-28(35)30-17-23-14-24(18-30)16-25(15-23)19-30/h2-11,21,23-25H,12-20H2,1H3,(H,31,35). The molecular formula is C30H36N4OS. The Hall–Kier alpha value is -2.60. The maximum Gasteiger partial charge on any atom is 0.226 e. The van der Waals surface area contributed by atoms with E-state index in [4.69, 9.17) is 0 Å². The van der Waals surface area contributed by atoms with Crippen LogP contribution in [0.1, 0.15) is 67.6 Å². The Bertz CT molecular complexity index is 1160. The summed E-state index contributed by atoms with van der Waals surface area (Å²) in [6.45, 7) is 3.46. The molecule has 4 aliphatic rings. The van der Waals surface area contributed by atoms with Crippen molar-refractivity contribution in [3.05, 3.63) is 77.6 Å². The molecule has 0 saturated heterocycles. The lowest BCUT2D eigenvalue weighted by atomic mass is 9.49. The van der Waals surface area contributed by atoms with Crippen molar-refractivity contribution >= 4 is 17.7 Å². The summed E-state index contributed by atoms with van der Waals surface area (Å²) >= 11 is 1.74. The lowest BCUT2D eigenvalue weighted by molar-refractivity contribution is -0.146. The molecule has 1 unspecified atom stereocenters. The molecule has 0 radical (unpaired) electrons. The van der Waals surface area contributed by atoms with E-state index in [0.29, 0.717) is 6.54 Å². The number of rotatable bonds is 9. The van der Waals surface area contributed by atoms with Crippen molar-refractivity contribution in [1.82, 2.24) is 20.1 Å². The molecule has 3 aromatic rings. The molecule has 6 heteroatoms. The number of nitrogens with zero attached hydrogens (tertiary/aromatic N) is 3. The van der Waals surface area contributed by atoms with Gasteiger partial charge in [-0.15, -0.1) is 10.2 Å². The molecule has 2 aromatic carbocycles. The van der Waals surface area contributed by atoms with Crippen LogP contribution in [0.4, 0.5) is 0 Å². The van der Waals surface area contributed by atoms with Gasteiger partial charge in [0.05, 0.1) is 6.54 Å². The number of hydrogen-bond acceptors (Lipinski definition) is 4. The van der Waals surface area contributed by atoms with Crippen molar-refractivity contribution in [2.75, 3.05) is 0 Å². The fourth-order valence-corrected chi connectivity index (χ4v) is 8.35. The van der Waals surface area contributed by atoms with Gasteiger partial charge in [0.2, 0.25) is 5.91 Å². The van der Waals surface area contributed by atoms with Crippen LogP contribution in [0.15, 0.2) is 65.8 Å². The summed E-state index contributed by atoms with van der Waals surface area (Å²) in [7, 11) is 0. The smallest absolute Gasteiger partial charge is 0.226 e. The summed E-state index contributed by atoms with van der Waals surface area (Å²) in [6.07, 6.45) is 8.20. The Balaban J connectivity index is 1.18. The van der Waals surface area contributed by atoms with Crippen LogP contribution in [0, 0.1) is 23.2 Å². The number of nitrogens with one attached hydrogen (secondary N) is 1. The zero-order valence-corrected chi connectivity index (χ0v) is 21.9. The molecule has 4 aliphatic carbocycles. The Morgan fingerprint density at radius 3 is 2.22 bits per heavy atom. The summed E-state index contributed by atoms with van der Waals surface area (Å²) in [4.78, 5) is 13.6. The molecule has 1 amide bonds. The van der Waals surface area contributed by atoms with Gasteiger partial charge in [-0.3, -0.25) is 4.79 Å². The van der Waals surface area contributed by atoms with Crippen LogP contribution in [0.25, 0.3) is 0 Å². The maximum atomic E-state index is 13.6. The monoisotopic (exact) mass is 500 g/mol. The Kier molecular flexibility index (Phi) is 6.63. The van der Waals surface area contributed by atoms with E-state index in [1.165, 1.54) is 30.4 Å². The highest BCUT2D eigenvalue weighted by Crippen LogP contribution is 2.60. The van der Waals surface area contributed by atoms with Crippen LogP contribution < -0.4 is 5.32 Å². The largest absolute Gasteiger partial charge is 0.348 e. The third-order valence-corrected chi connectivity index (χ3v) is 9.88. The lowest BCUT2D eigenvalue weighted by Crippen LogP contribution is -2.53. The van der Waals surface area contributed by atoms with Gasteiger partial charge in [-0.25, -0.2) is 0 Å². The van der Waals surface area contributed by atoms with Crippen LogP contribution >= 0.6 is 11.8 Å². The second-order valence-electron chi connectivity index (χ2n) is 11.3. The fraction of sp³-hybridized carbons (Fsp3) is 0.500. The average Bonchev–Trinajstić information content (AvgIpc) is 3.27. The predicted molar refractivity (Wildman–Crippen MR) is 143 cm³/mol. The van der Waals surface area contributed by atoms with E-state index >= 15 is 0 Å². The molecule has 1 N–H and O–H groups in total. The van der Waals surface area contributed by atoms with E-state index in [1.54, 1.807) is 11.8 Å². The van der Waals surface area contributed by atoms with Crippen LogP contribution in [-0.2, 0) is 24.3 Å².